The Kier molecular flexibility index (Phi) is 10.6. The molecule has 0 spiro atoms. The number of hydrogen-bond acceptors (Lipinski definition) is 8. The van der Waals surface area contributed by atoms with Gasteiger partial charge in [-0.1, -0.05) is 66.7 Å². The fourth-order valence-electron chi connectivity index (χ4n) is 4.79. The number of carbonyl (C=O) groups is 2. The van der Waals surface area contributed by atoms with Crippen LogP contribution in [0.1, 0.15) is 67.6 Å². The second kappa shape index (κ2) is 14.8. The van der Waals surface area contributed by atoms with Gasteiger partial charge in [-0.05, 0) is 48.2 Å². The molecule has 3 atom stereocenters. The van der Waals surface area contributed by atoms with Crippen molar-refractivity contribution in [3.8, 4) is 0 Å². The number of aromatic nitrogens is 1. The third kappa shape index (κ3) is 8.39. The van der Waals surface area contributed by atoms with Gasteiger partial charge in [-0.25, -0.2) is 4.98 Å². The number of amides is 1. The SMILES string of the molecule is O=C(O)CCCCCC(=O)Nc1ccc(C2OC(CSc3nc4ccccc4s3)CC(c3ccc(CO)cc3)O2)cc1. The topological polar surface area (TPSA) is 118 Å². The molecule has 1 aromatic heterocycles. The predicted octanol–water partition coefficient (Wildman–Crippen LogP) is 7.10. The summed E-state index contributed by atoms with van der Waals surface area (Å²) in [7, 11) is 0. The summed E-state index contributed by atoms with van der Waals surface area (Å²) < 4.78 is 15.1. The van der Waals surface area contributed by atoms with E-state index in [1.807, 2.05) is 66.7 Å². The molecule has 1 saturated heterocycles. The summed E-state index contributed by atoms with van der Waals surface area (Å²) in [5.41, 5.74) is 4.42. The highest BCUT2D eigenvalue weighted by Gasteiger charge is 2.32. The van der Waals surface area contributed by atoms with E-state index in [4.69, 9.17) is 19.6 Å². The molecule has 1 fully saturated rings. The van der Waals surface area contributed by atoms with Crippen LogP contribution in [0.5, 0.6) is 0 Å². The van der Waals surface area contributed by atoms with Crippen molar-refractivity contribution in [3.63, 3.8) is 0 Å². The Balaban J connectivity index is 1.23. The van der Waals surface area contributed by atoms with E-state index in [2.05, 4.69) is 11.4 Å². The molecule has 10 heteroatoms. The Hall–Kier alpha value is -3.28. The van der Waals surface area contributed by atoms with Gasteiger partial charge < -0.3 is 25.0 Å². The van der Waals surface area contributed by atoms with Crippen LogP contribution in [0.4, 0.5) is 5.69 Å². The normalized spacial score (nSPS) is 18.6. The number of nitrogens with one attached hydrogen (secondary N) is 1. The number of anilines is 1. The number of aliphatic hydroxyl groups is 1. The van der Waals surface area contributed by atoms with Crippen LogP contribution >= 0.6 is 23.1 Å². The molecule has 0 bridgehead atoms. The number of carboxylic acid groups (broad SMARTS) is 1. The number of hydrogen-bond donors (Lipinski definition) is 3. The first-order chi connectivity index (χ1) is 20.5. The first-order valence-electron chi connectivity index (χ1n) is 14.1. The molecule has 0 radical (unpaired) electrons. The Morgan fingerprint density at radius 3 is 2.40 bits per heavy atom. The summed E-state index contributed by atoms with van der Waals surface area (Å²) >= 11 is 3.37. The Labute approximate surface area is 253 Å². The Morgan fingerprint density at radius 1 is 0.929 bits per heavy atom. The van der Waals surface area contributed by atoms with Crippen molar-refractivity contribution in [1.82, 2.24) is 4.98 Å². The summed E-state index contributed by atoms with van der Waals surface area (Å²) in [5, 5.41) is 21.1. The molecular weight excluding hydrogens is 572 g/mol. The molecule has 3 aromatic carbocycles. The Morgan fingerprint density at radius 2 is 1.67 bits per heavy atom. The number of carboxylic acids is 1. The summed E-state index contributed by atoms with van der Waals surface area (Å²) in [4.78, 5) is 27.7. The quantitative estimate of drug-likeness (QED) is 0.109. The van der Waals surface area contributed by atoms with Gasteiger partial charge in [0.15, 0.2) is 10.6 Å². The number of ether oxygens (including phenoxy) is 2. The number of para-hydroxylation sites is 1. The number of aliphatic carboxylic acids is 1. The first-order valence-corrected chi connectivity index (χ1v) is 15.9. The number of thiazole rings is 1. The average Bonchev–Trinajstić information content (AvgIpc) is 3.43. The van der Waals surface area contributed by atoms with Gasteiger partial charge in [-0.3, -0.25) is 9.59 Å². The molecule has 1 aliphatic heterocycles. The number of carbonyl (C=O) groups excluding carboxylic acids is 1. The maximum absolute atomic E-state index is 12.3. The monoisotopic (exact) mass is 606 g/mol. The standard InChI is InChI=1S/C32H34N2O6S2/c35-19-21-10-12-22(13-11-21)27-18-25(20-41-32-34-26-6-4-5-7-28(26)42-32)39-31(40-27)23-14-16-24(17-15-23)33-29(36)8-2-1-3-9-30(37)38/h4-7,10-17,25,27,31,35H,1-3,8-9,18-20H2,(H,33,36)(H,37,38). The number of fused-ring (bicyclic) bond motifs is 1. The van der Waals surface area contributed by atoms with Crippen molar-refractivity contribution in [2.45, 2.75) is 68.0 Å². The zero-order chi connectivity index (χ0) is 29.3. The van der Waals surface area contributed by atoms with Gasteiger partial charge in [-0.2, -0.15) is 0 Å². The van der Waals surface area contributed by atoms with Gasteiger partial charge in [0, 0.05) is 36.3 Å². The van der Waals surface area contributed by atoms with Crippen molar-refractivity contribution >= 4 is 50.9 Å². The second-order valence-corrected chi connectivity index (χ2v) is 12.5. The van der Waals surface area contributed by atoms with Crippen molar-refractivity contribution in [3.05, 3.63) is 89.5 Å². The van der Waals surface area contributed by atoms with Crippen molar-refractivity contribution in [2.75, 3.05) is 11.1 Å². The molecule has 8 nitrogen and oxygen atoms in total. The van der Waals surface area contributed by atoms with E-state index in [1.165, 1.54) is 0 Å². The van der Waals surface area contributed by atoms with Crippen LogP contribution in [-0.2, 0) is 25.7 Å². The highest BCUT2D eigenvalue weighted by Crippen LogP contribution is 2.40. The van der Waals surface area contributed by atoms with Crippen molar-refractivity contribution in [1.29, 1.82) is 0 Å². The van der Waals surface area contributed by atoms with Crippen LogP contribution in [0, 0.1) is 0 Å². The van der Waals surface area contributed by atoms with Gasteiger partial charge in [0.05, 0.1) is 29.0 Å². The van der Waals surface area contributed by atoms with Crippen molar-refractivity contribution in [2.24, 2.45) is 0 Å². The summed E-state index contributed by atoms with van der Waals surface area (Å²) in [6.45, 7) is -0.00736. The number of thioether (sulfide) groups is 1. The molecule has 42 heavy (non-hydrogen) atoms. The van der Waals surface area contributed by atoms with E-state index in [1.54, 1.807) is 23.1 Å². The molecule has 1 aliphatic rings. The molecule has 5 rings (SSSR count). The minimum Gasteiger partial charge on any atom is -0.481 e. The van der Waals surface area contributed by atoms with Crippen LogP contribution < -0.4 is 5.32 Å². The average molecular weight is 607 g/mol. The van der Waals surface area contributed by atoms with Crippen LogP contribution in [0.15, 0.2) is 77.1 Å². The molecule has 220 valence electrons. The zero-order valence-corrected chi connectivity index (χ0v) is 24.7. The lowest BCUT2D eigenvalue weighted by Crippen LogP contribution is -2.31. The van der Waals surface area contributed by atoms with E-state index in [-0.39, 0.29) is 31.1 Å². The largest absolute Gasteiger partial charge is 0.481 e. The number of rotatable bonds is 13. The smallest absolute Gasteiger partial charge is 0.303 e. The summed E-state index contributed by atoms with van der Waals surface area (Å²) in [5.74, 6) is -0.179. The molecule has 3 N–H and O–H groups in total. The number of aliphatic hydroxyl groups excluding tert-OH is 1. The first kappa shape index (κ1) is 30.2. The highest BCUT2D eigenvalue weighted by molar-refractivity contribution is 8.01. The number of unbranched alkanes of at least 4 members (excludes halogenated alkanes) is 2. The molecule has 0 aliphatic carbocycles. The molecular formula is C32H34N2O6S2. The highest BCUT2D eigenvalue weighted by atomic mass is 32.2. The van der Waals surface area contributed by atoms with E-state index in [0.717, 1.165) is 37.0 Å². The van der Waals surface area contributed by atoms with E-state index in [0.29, 0.717) is 37.8 Å². The lowest BCUT2D eigenvalue weighted by molar-refractivity contribution is -0.245. The van der Waals surface area contributed by atoms with E-state index >= 15 is 0 Å². The van der Waals surface area contributed by atoms with Crippen molar-refractivity contribution < 1.29 is 29.3 Å². The van der Waals surface area contributed by atoms with Gasteiger partial charge in [0.2, 0.25) is 5.91 Å². The van der Waals surface area contributed by atoms with Gasteiger partial charge >= 0.3 is 5.97 Å². The maximum Gasteiger partial charge on any atom is 0.303 e. The Bertz CT molecular complexity index is 1440. The molecule has 2 heterocycles. The number of nitrogens with zero attached hydrogens (tertiary/aromatic N) is 1. The third-order valence-corrected chi connectivity index (χ3v) is 9.35. The van der Waals surface area contributed by atoms with Crippen LogP contribution in [0.3, 0.4) is 0 Å². The molecule has 1 amide bonds. The minimum absolute atomic E-state index is 0.00736. The molecule has 4 aromatic rings. The minimum atomic E-state index is -0.810. The maximum atomic E-state index is 12.3. The third-order valence-electron chi connectivity index (χ3n) is 7.04. The zero-order valence-electron chi connectivity index (χ0n) is 23.1. The van der Waals surface area contributed by atoms with Gasteiger partial charge in [0.1, 0.15) is 0 Å². The van der Waals surface area contributed by atoms with Gasteiger partial charge in [0.25, 0.3) is 0 Å². The van der Waals surface area contributed by atoms with Crippen LogP contribution in [-0.4, -0.2) is 38.9 Å². The summed E-state index contributed by atoms with van der Waals surface area (Å²) in [6.07, 6.45) is 2.25. The predicted molar refractivity (Wildman–Crippen MR) is 165 cm³/mol. The fourth-order valence-corrected chi connectivity index (χ4v) is 6.90. The summed E-state index contributed by atoms with van der Waals surface area (Å²) in [6, 6.07) is 23.4. The van der Waals surface area contributed by atoms with Crippen LogP contribution in [0.25, 0.3) is 10.2 Å². The lowest BCUT2D eigenvalue weighted by Gasteiger charge is -2.36. The number of benzene rings is 3. The van der Waals surface area contributed by atoms with E-state index < -0.39 is 12.3 Å². The van der Waals surface area contributed by atoms with Gasteiger partial charge in [-0.15, -0.1) is 11.3 Å². The molecule has 3 unspecified atom stereocenters. The fraction of sp³-hybridized carbons (Fsp3) is 0.344. The lowest BCUT2D eigenvalue weighted by atomic mass is 10.0. The van der Waals surface area contributed by atoms with E-state index in [9.17, 15) is 14.7 Å². The second-order valence-electron chi connectivity index (χ2n) is 10.2. The van der Waals surface area contributed by atoms with Crippen LogP contribution in [0.2, 0.25) is 0 Å². The molecule has 0 saturated carbocycles.